The summed E-state index contributed by atoms with van der Waals surface area (Å²) in [7, 11) is 0. The molecule has 6 heteroatoms. The second-order valence-corrected chi connectivity index (χ2v) is 7.51. The molecule has 0 radical (unpaired) electrons. The summed E-state index contributed by atoms with van der Waals surface area (Å²) < 4.78 is 2.86. The second-order valence-electron chi connectivity index (χ2n) is 4.77. The summed E-state index contributed by atoms with van der Waals surface area (Å²) in [4.78, 5) is 1.24. The van der Waals surface area contributed by atoms with Gasteiger partial charge in [-0.2, -0.15) is 0 Å². The molecule has 0 aliphatic heterocycles. The Hall–Kier alpha value is -1.30. The maximum Gasteiger partial charge on any atom is 0.195 e. The summed E-state index contributed by atoms with van der Waals surface area (Å²) in [5, 5.41) is 9.17. The van der Waals surface area contributed by atoms with Crippen LogP contribution in [0.5, 0.6) is 0 Å². The van der Waals surface area contributed by atoms with Crippen LogP contribution in [0.2, 0.25) is 4.34 Å². The lowest BCUT2D eigenvalue weighted by Gasteiger charge is -2.09. The van der Waals surface area contributed by atoms with Crippen LogP contribution >= 0.6 is 34.7 Å². The Morgan fingerprint density at radius 3 is 2.81 bits per heavy atom. The lowest BCUT2D eigenvalue weighted by Crippen LogP contribution is -1.98. The van der Waals surface area contributed by atoms with E-state index in [1.165, 1.54) is 16.0 Å². The van der Waals surface area contributed by atoms with E-state index in [1.807, 2.05) is 10.6 Å². The van der Waals surface area contributed by atoms with Crippen molar-refractivity contribution in [1.29, 1.82) is 0 Å². The van der Waals surface area contributed by atoms with E-state index in [2.05, 4.69) is 48.3 Å². The number of aromatic nitrogens is 3. The van der Waals surface area contributed by atoms with Crippen LogP contribution in [-0.4, -0.2) is 14.8 Å². The maximum absolute atomic E-state index is 5.96. The predicted molar refractivity (Wildman–Crippen MR) is 89.7 cm³/mol. The number of benzene rings is 1. The highest BCUT2D eigenvalue weighted by Crippen LogP contribution is 2.29. The Balaban J connectivity index is 1.83. The first-order valence-corrected chi connectivity index (χ1v) is 8.66. The number of thiophene rings is 1. The number of rotatable bonds is 4. The van der Waals surface area contributed by atoms with Crippen LogP contribution in [-0.2, 0) is 5.75 Å². The average Bonchev–Trinajstić information content (AvgIpc) is 3.05. The van der Waals surface area contributed by atoms with E-state index in [9.17, 15) is 0 Å². The molecular formula is C15H14ClN3S2. The molecule has 0 aliphatic rings. The first-order chi connectivity index (χ1) is 10.1. The van der Waals surface area contributed by atoms with Gasteiger partial charge in [-0.3, -0.25) is 4.57 Å². The van der Waals surface area contributed by atoms with Gasteiger partial charge in [0.15, 0.2) is 5.16 Å². The molecule has 2 aromatic heterocycles. The lowest BCUT2D eigenvalue weighted by atomic mass is 10.1. The number of aryl methyl sites for hydroxylation is 2. The van der Waals surface area contributed by atoms with Gasteiger partial charge in [0.25, 0.3) is 0 Å². The van der Waals surface area contributed by atoms with Crippen LogP contribution in [0, 0.1) is 13.8 Å². The third-order valence-electron chi connectivity index (χ3n) is 3.10. The van der Waals surface area contributed by atoms with Crippen LogP contribution in [0.1, 0.15) is 16.0 Å². The molecule has 0 aliphatic carbocycles. The molecule has 108 valence electrons. The molecule has 3 rings (SSSR count). The van der Waals surface area contributed by atoms with E-state index >= 15 is 0 Å². The van der Waals surface area contributed by atoms with Gasteiger partial charge in [0, 0.05) is 10.6 Å². The highest BCUT2D eigenvalue weighted by molar-refractivity contribution is 7.98. The van der Waals surface area contributed by atoms with Crippen molar-refractivity contribution in [3.05, 3.63) is 57.0 Å². The summed E-state index contributed by atoms with van der Waals surface area (Å²) >= 11 is 9.23. The number of hydrogen-bond acceptors (Lipinski definition) is 4. The lowest BCUT2D eigenvalue weighted by molar-refractivity contribution is 0.877. The van der Waals surface area contributed by atoms with Crippen molar-refractivity contribution in [1.82, 2.24) is 14.8 Å². The van der Waals surface area contributed by atoms with Crippen LogP contribution in [0.4, 0.5) is 0 Å². The van der Waals surface area contributed by atoms with Gasteiger partial charge in [-0.25, -0.2) is 0 Å². The number of halogens is 1. The zero-order valence-corrected chi connectivity index (χ0v) is 14.1. The molecule has 0 fully saturated rings. The van der Waals surface area contributed by atoms with Crippen LogP contribution in [0.15, 0.2) is 41.8 Å². The predicted octanol–water partition coefficient (Wildman–Crippen LogP) is 4.89. The number of thioether (sulfide) groups is 1. The largest absolute Gasteiger partial charge is 0.276 e. The van der Waals surface area contributed by atoms with Gasteiger partial charge in [-0.1, -0.05) is 41.1 Å². The molecule has 0 bridgehead atoms. The molecule has 0 saturated carbocycles. The van der Waals surface area contributed by atoms with Crippen molar-refractivity contribution in [3.8, 4) is 5.69 Å². The summed E-state index contributed by atoms with van der Waals surface area (Å²) in [5.41, 5.74) is 3.60. The Bertz CT molecular complexity index is 764. The average molecular weight is 336 g/mol. The Morgan fingerprint density at radius 2 is 2.10 bits per heavy atom. The smallest absolute Gasteiger partial charge is 0.195 e. The summed E-state index contributed by atoms with van der Waals surface area (Å²) in [6.45, 7) is 4.20. The highest BCUT2D eigenvalue weighted by atomic mass is 35.5. The number of nitrogens with zero attached hydrogens (tertiary/aromatic N) is 3. The molecule has 3 nitrogen and oxygen atoms in total. The van der Waals surface area contributed by atoms with Gasteiger partial charge in [0.05, 0.1) is 10.0 Å². The minimum atomic E-state index is 0.821. The standard InChI is InChI=1S/C15H14ClN3S2/c1-10-3-5-13(11(2)7-10)19-9-17-18-15(19)20-8-12-4-6-14(16)21-12/h3-7,9H,8H2,1-2H3. The molecule has 2 heterocycles. The van der Waals surface area contributed by atoms with Gasteiger partial charge in [-0.15, -0.1) is 21.5 Å². The van der Waals surface area contributed by atoms with E-state index in [1.54, 1.807) is 29.4 Å². The fraction of sp³-hybridized carbons (Fsp3) is 0.200. The topological polar surface area (TPSA) is 30.7 Å². The Kier molecular flexibility index (Phi) is 4.33. The molecular weight excluding hydrogens is 322 g/mol. The van der Waals surface area contributed by atoms with Crippen molar-refractivity contribution >= 4 is 34.7 Å². The fourth-order valence-electron chi connectivity index (χ4n) is 2.13. The van der Waals surface area contributed by atoms with Crippen molar-refractivity contribution in [2.24, 2.45) is 0 Å². The quantitative estimate of drug-likeness (QED) is 0.636. The van der Waals surface area contributed by atoms with Crippen LogP contribution in [0.3, 0.4) is 0 Å². The maximum atomic E-state index is 5.96. The van der Waals surface area contributed by atoms with Crippen molar-refractivity contribution in [2.75, 3.05) is 0 Å². The zero-order valence-electron chi connectivity index (χ0n) is 11.7. The third kappa shape index (κ3) is 3.31. The van der Waals surface area contributed by atoms with Gasteiger partial charge in [0.2, 0.25) is 0 Å². The molecule has 0 spiro atoms. The van der Waals surface area contributed by atoms with Gasteiger partial charge in [0.1, 0.15) is 6.33 Å². The highest BCUT2D eigenvalue weighted by Gasteiger charge is 2.10. The van der Waals surface area contributed by atoms with E-state index < -0.39 is 0 Å². The van der Waals surface area contributed by atoms with E-state index in [4.69, 9.17) is 11.6 Å². The minimum absolute atomic E-state index is 0.821. The molecule has 0 N–H and O–H groups in total. The molecule has 0 atom stereocenters. The minimum Gasteiger partial charge on any atom is -0.276 e. The van der Waals surface area contributed by atoms with E-state index in [0.717, 1.165) is 20.9 Å². The molecule has 0 amide bonds. The van der Waals surface area contributed by atoms with Crippen molar-refractivity contribution < 1.29 is 0 Å². The second kappa shape index (κ2) is 6.22. The Labute approximate surface area is 137 Å². The van der Waals surface area contributed by atoms with Crippen molar-refractivity contribution in [3.63, 3.8) is 0 Å². The van der Waals surface area contributed by atoms with Crippen molar-refractivity contribution in [2.45, 2.75) is 24.8 Å². The molecule has 1 aromatic carbocycles. The normalized spacial score (nSPS) is 11.0. The fourth-order valence-corrected chi connectivity index (χ4v) is 4.18. The summed E-state index contributed by atoms with van der Waals surface area (Å²) in [6.07, 6.45) is 1.77. The molecule has 0 saturated heterocycles. The van der Waals surface area contributed by atoms with E-state index in [0.29, 0.717) is 0 Å². The zero-order chi connectivity index (χ0) is 14.8. The van der Waals surface area contributed by atoms with Crippen LogP contribution in [0.25, 0.3) is 5.69 Å². The molecule has 21 heavy (non-hydrogen) atoms. The van der Waals surface area contributed by atoms with Gasteiger partial charge in [-0.05, 0) is 37.6 Å². The number of hydrogen-bond donors (Lipinski definition) is 0. The Morgan fingerprint density at radius 1 is 1.24 bits per heavy atom. The molecule has 3 aromatic rings. The summed E-state index contributed by atoms with van der Waals surface area (Å²) in [5.74, 6) is 0.848. The third-order valence-corrected chi connectivity index (χ3v) is 5.51. The molecule has 0 unspecified atom stereocenters. The first kappa shape index (κ1) is 14.6. The summed E-state index contributed by atoms with van der Waals surface area (Å²) in [6, 6.07) is 10.4. The SMILES string of the molecule is Cc1ccc(-n2cnnc2SCc2ccc(Cl)s2)c(C)c1. The van der Waals surface area contributed by atoms with Crippen LogP contribution < -0.4 is 0 Å². The van der Waals surface area contributed by atoms with Gasteiger partial charge < -0.3 is 0 Å². The monoisotopic (exact) mass is 335 g/mol. The van der Waals surface area contributed by atoms with Gasteiger partial charge >= 0.3 is 0 Å². The first-order valence-electron chi connectivity index (χ1n) is 6.48. The van der Waals surface area contributed by atoms with E-state index in [-0.39, 0.29) is 0 Å².